The molecule has 0 aliphatic rings. The highest BCUT2D eigenvalue weighted by atomic mass is 35.5. The first-order valence-electron chi connectivity index (χ1n) is 8.96. The van der Waals surface area contributed by atoms with Gasteiger partial charge in [-0.25, -0.2) is 4.98 Å². The first-order valence-corrected chi connectivity index (χ1v) is 11.1. The molecule has 140 valence electrons. The standard InChI is InChI=1S/C23H19ClN2S2/c1-15-3-6-18(16(2)11-15)14-27-23-26-21-10-9-20(12-22(21)28-23)25-13-17-4-7-19(24)8-5-17/h3-13H,14H2,1-2H3. The summed E-state index contributed by atoms with van der Waals surface area (Å²) in [6.07, 6.45) is 1.86. The molecular formula is C23H19ClN2S2. The van der Waals surface area contributed by atoms with Crippen LogP contribution in [0, 0.1) is 13.8 Å². The molecule has 1 heterocycles. The van der Waals surface area contributed by atoms with Crippen LogP contribution in [0.3, 0.4) is 0 Å². The number of hydrogen-bond acceptors (Lipinski definition) is 4. The zero-order valence-corrected chi connectivity index (χ0v) is 18.0. The van der Waals surface area contributed by atoms with E-state index in [1.165, 1.54) is 16.7 Å². The lowest BCUT2D eigenvalue weighted by Crippen LogP contribution is -1.87. The normalized spacial score (nSPS) is 11.5. The van der Waals surface area contributed by atoms with Gasteiger partial charge in [0, 0.05) is 17.0 Å². The highest BCUT2D eigenvalue weighted by Gasteiger charge is 2.07. The first kappa shape index (κ1) is 19.2. The highest BCUT2D eigenvalue weighted by Crippen LogP contribution is 2.34. The summed E-state index contributed by atoms with van der Waals surface area (Å²) in [7, 11) is 0. The monoisotopic (exact) mass is 422 g/mol. The second-order valence-corrected chi connectivity index (χ2v) is 9.35. The smallest absolute Gasteiger partial charge is 0.151 e. The van der Waals surface area contributed by atoms with E-state index in [0.717, 1.165) is 36.6 Å². The van der Waals surface area contributed by atoms with E-state index >= 15 is 0 Å². The molecular weight excluding hydrogens is 404 g/mol. The van der Waals surface area contributed by atoms with Gasteiger partial charge < -0.3 is 0 Å². The van der Waals surface area contributed by atoms with Gasteiger partial charge in [0.2, 0.25) is 0 Å². The van der Waals surface area contributed by atoms with E-state index in [4.69, 9.17) is 16.6 Å². The Morgan fingerprint density at radius 2 is 1.86 bits per heavy atom. The molecule has 0 aliphatic carbocycles. The number of thioether (sulfide) groups is 1. The van der Waals surface area contributed by atoms with Crippen LogP contribution in [-0.2, 0) is 5.75 Å². The minimum absolute atomic E-state index is 0.731. The summed E-state index contributed by atoms with van der Waals surface area (Å²) in [5.41, 5.74) is 6.99. The van der Waals surface area contributed by atoms with Crippen molar-refractivity contribution in [3.05, 3.63) is 87.9 Å². The minimum atomic E-state index is 0.731. The van der Waals surface area contributed by atoms with Gasteiger partial charge in [0.25, 0.3) is 0 Å². The third-order valence-corrected chi connectivity index (χ3v) is 6.90. The first-order chi connectivity index (χ1) is 13.6. The van der Waals surface area contributed by atoms with Gasteiger partial charge in [0.1, 0.15) is 0 Å². The molecule has 5 heteroatoms. The number of nitrogens with zero attached hydrogens (tertiary/aromatic N) is 2. The van der Waals surface area contributed by atoms with Crippen LogP contribution in [-0.4, -0.2) is 11.2 Å². The third kappa shape index (κ3) is 4.64. The summed E-state index contributed by atoms with van der Waals surface area (Å²) in [6, 6.07) is 20.4. The average molecular weight is 423 g/mol. The Labute approximate surface area is 178 Å². The SMILES string of the molecule is Cc1ccc(CSc2nc3ccc(N=Cc4ccc(Cl)cc4)cc3s2)c(C)c1. The predicted octanol–water partition coefficient (Wildman–Crippen LogP) is 7.61. The second-order valence-electron chi connectivity index (χ2n) is 6.66. The second kappa shape index (κ2) is 8.48. The number of aromatic nitrogens is 1. The van der Waals surface area contributed by atoms with Crippen molar-refractivity contribution in [1.29, 1.82) is 0 Å². The maximum atomic E-state index is 5.92. The summed E-state index contributed by atoms with van der Waals surface area (Å²) in [6.45, 7) is 4.30. The molecule has 0 N–H and O–H groups in total. The van der Waals surface area contributed by atoms with Gasteiger partial charge in [-0.2, -0.15) is 0 Å². The largest absolute Gasteiger partial charge is 0.256 e. The van der Waals surface area contributed by atoms with E-state index in [9.17, 15) is 0 Å². The number of thiazole rings is 1. The van der Waals surface area contributed by atoms with Gasteiger partial charge in [0.15, 0.2) is 4.34 Å². The van der Waals surface area contributed by atoms with Gasteiger partial charge >= 0.3 is 0 Å². The van der Waals surface area contributed by atoms with Gasteiger partial charge in [-0.15, -0.1) is 11.3 Å². The van der Waals surface area contributed by atoms with Gasteiger partial charge in [0.05, 0.1) is 15.9 Å². The molecule has 0 spiro atoms. The molecule has 0 unspecified atom stereocenters. The lowest BCUT2D eigenvalue weighted by Gasteiger charge is -2.05. The zero-order valence-electron chi connectivity index (χ0n) is 15.6. The fraction of sp³-hybridized carbons (Fsp3) is 0.130. The van der Waals surface area contributed by atoms with Crippen molar-refractivity contribution in [2.45, 2.75) is 23.9 Å². The van der Waals surface area contributed by atoms with Crippen molar-refractivity contribution >= 4 is 56.8 Å². The van der Waals surface area contributed by atoms with E-state index in [1.54, 1.807) is 23.1 Å². The summed E-state index contributed by atoms with van der Waals surface area (Å²) >= 11 is 9.44. The van der Waals surface area contributed by atoms with Crippen LogP contribution in [0.2, 0.25) is 5.02 Å². The fourth-order valence-corrected chi connectivity index (χ4v) is 5.18. The van der Waals surface area contributed by atoms with Crippen LogP contribution >= 0.6 is 34.7 Å². The molecule has 2 nitrogen and oxygen atoms in total. The molecule has 0 saturated heterocycles. The molecule has 0 bridgehead atoms. The molecule has 0 amide bonds. The minimum Gasteiger partial charge on any atom is -0.256 e. The number of aliphatic imine (C=N–C) groups is 1. The van der Waals surface area contributed by atoms with E-state index in [1.807, 2.05) is 42.6 Å². The number of hydrogen-bond donors (Lipinski definition) is 0. The molecule has 4 rings (SSSR count). The maximum absolute atomic E-state index is 5.92. The maximum Gasteiger partial charge on any atom is 0.151 e. The topological polar surface area (TPSA) is 25.2 Å². The van der Waals surface area contributed by atoms with Crippen molar-refractivity contribution in [1.82, 2.24) is 4.98 Å². The molecule has 28 heavy (non-hydrogen) atoms. The number of halogens is 1. The van der Waals surface area contributed by atoms with Crippen LogP contribution in [0.4, 0.5) is 5.69 Å². The number of fused-ring (bicyclic) bond motifs is 1. The number of rotatable bonds is 5. The molecule has 0 aliphatic heterocycles. The summed E-state index contributed by atoms with van der Waals surface area (Å²) in [5.74, 6) is 0.938. The average Bonchev–Trinajstić information content (AvgIpc) is 3.09. The van der Waals surface area contributed by atoms with Crippen molar-refractivity contribution in [2.75, 3.05) is 0 Å². The summed E-state index contributed by atoms with van der Waals surface area (Å²) < 4.78 is 2.25. The summed E-state index contributed by atoms with van der Waals surface area (Å²) in [4.78, 5) is 9.34. The van der Waals surface area contributed by atoms with Crippen LogP contribution < -0.4 is 0 Å². The van der Waals surface area contributed by atoms with Crippen molar-refractivity contribution in [3.63, 3.8) is 0 Å². The Kier molecular flexibility index (Phi) is 5.81. The number of aryl methyl sites for hydroxylation is 2. The number of benzene rings is 3. The molecule has 3 aromatic carbocycles. The van der Waals surface area contributed by atoms with Crippen LogP contribution in [0.1, 0.15) is 22.3 Å². The van der Waals surface area contributed by atoms with Crippen LogP contribution in [0.25, 0.3) is 10.2 Å². The molecule has 0 atom stereocenters. The fourth-order valence-electron chi connectivity index (χ4n) is 2.88. The van der Waals surface area contributed by atoms with Crippen molar-refractivity contribution in [2.24, 2.45) is 4.99 Å². The zero-order chi connectivity index (χ0) is 19.5. The Bertz CT molecular complexity index is 1150. The van der Waals surface area contributed by atoms with Gasteiger partial charge in [-0.1, -0.05) is 59.3 Å². The van der Waals surface area contributed by atoms with Crippen molar-refractivity contribution in [3.8, 4) is 0 Å². The van der Waals surface area contributed by atoms with Gasteiger partial charge in [-0.05, 0) is 60.9 Å². The highest BCUT2D eigenvalue weighted by molar-refractivity contribution is 8.00. The quantitative estimate of drug-likeness (QED) is 0.244. The van der Waals surface area contributed by atoms with Crippen LogP contribution in [0.15, 0.2) is 70.0 Å². The van der Waals surface area contributed by atoms with E-state index < -0.39 is 0 Å². The Hall–Kier alpha value is -2.14. The lowest BCUT2D eigenvalue weighted by atomic mass is 10.1. The molecule has 0 saturated carbocycles. The lowest BCUT2D eigenvalue weighted by molar-refractivity contribution is 1.25. The predicted molar refractivity (Wildman–Crippen MR) is 124 cm³/mol. The molecule has 0 fully saturated rings. The van der Waals surface area contributed by atoms with E-state index in [2.05, 4.69) is 43.1 Å². The van der Waals surface area contributed by atoms with Crippen molar-refractivity contribution < 1.29 is 0 Å². The van der Waals surface area contributed by atoms with Gasteiger partial charge in [-0.3, -0.25) is 4.99 Å². The molecule has 1 aromatic heterocycles. The Morgan fingerprint density at radius 1 is 1.04 bits per heavy atom. The third-order valence-electron chi connectivity index (χ3n) is 4.43. The molecule has 4 aromatic rings. The summed E-state index contributed by atoms with van der Waals surface area (Å²) in [5, 5.41) is 0.731. The Morgan fingerprint density at radius 3 is 2.64 bits per heavy atom. The van der Waals surface area contributed by atoms with E-state index in [-0.39, 0.29) is 0 Å². The van der Waals surface area contributed by atoms with E-state index in [0.29, 0.717) is 0 Å². The Balaban J connectivity index is 1.49. The van der Waals surface area contributed by atoms with Crippen LogP contribution in [0.5, 0.6) is 0 Å². The molecule has 0 radical (unpaired) electrons.